The number of amides is 1. The van der Waals surface area contributed by atoms with E-state index in [9.17, 15) is 9.59 Å². The van der Waals surface area contributed by atoms with Crippen molar-refractivity contribution in [3.05, 3.63) is 47.0 Å². The highest BCUT2D eigenvalue weighted by molar-refractivity contribution is 7.17. The van der Waals surface area contributed by atoms with Crippen molar-refractivity contribution in [2.45, 2.75) is 13.3 Å². The van der Waals surface area contributed by atoms with Crippen molar-refractivity contribution in [3.8, 4) is 11.5 Å². The number of hydrogen-bond donors (Lipinski definition) is 1. The fourth-order valence-electron chi connectivity index (χ4n) is 2.15. The number of carbonyl (C=O) groups is 2. The van der Waals surface area contributed by atoms with Crippen molar-refractivity contribution in [1.29, 1.82) is 0 Å². The molecule has 0 fully saturated rings. The van der Waals surface area contributed by atoms with Crippen molar-refractivity contribution in [1.82, 2.24) is 4.98 Å². The van der Waals surface area contributed by atoms with Gasteiger partial charge in [0.1, 0.15) is 0 Å². The van der Waals surface area contributed by atoms with Gasteiger partial charge in [-0.05, 0) is 18.6 Å². The first-order valence-electron chi connectivity index (χ1n) is 7.14. The van der Waals surface area contributed by atoms with Crippen LogP contribution in [-0.4, -0.2) is 30.9 Å². The number of methoxy groups -OCH3 is 2. The lowest BCUT2D eigenvalue weighted by atomic mass is 10.1. The molecule has 0 aliphatic heterocycles. The van der Waals surface area contributed by atoms with Crippen LogP contribution >= 0.6 is 11.3 Å². The number of anilines is 1. The van der Waals surface area contributed by atoms with Gasteiger partial charge < -0.3 is 9.47 Å². The fourth-order valence-corrected chi connectivity index (χ4v) is 2.85. The van der Waals surface area contributed by atoms with Gasteiger partial charge in [-0.25, -0.2) is 4.98 Å². The largest absolute Gasteiger partial charge is 0.493 e. The van der Waals surface area contributed by atoms with E-state index >= 15 is 0 Å². The van der Waals surface area contributed by atoms with Crippen LogP contribution in [0.5, 0.6) is 11.5 Å². The van der Waals surface area contributed by atoms with Crippen LogP contribution in [0.4, 0.5) is 5.13 Å². The smallest absolute Gasteiger partial charge is 0.257 e. The van der Waals surface area contributed by atoms with Crippen LogP contribution in [0, 0.1) is 0 Å². The van der Waals surface area contributed by atoms with E-state index in [0.29, 0.717) is 33.5 Å². The number of aromatic nitrogens is 1. The second-order valence-corrected chi connectivity index (χ2v) is 5.93. The summed E-state index contributed by atoms with van der Waals surface area (Å²) in [6.07, 6.45) is 3.70. The number of allylic oxidation sites excluding steroid dienone is 1. The van der Waals surface area contributed by atoms with Gasteiger partial charge in [-0.1, -0.05) is 17.4 Å². The molecule has 0 bridgehead atoms. The maximum absolute atomic E-state index is 12.5. The van der Waals surface area contributed by atoms with Gasteiger partial charge in [-0.3, -0.25) is 14.9 Å². The third kappa shape index (κ3) is 3.80. The molecule has 0 radical (unpaired) electrons. The molecule has 1 amide bonds. The first-order chi connectivity index (χ1) is 11.5. The molecule has 126 valence electrons. The van der Waals surface area contributed by atoms with E-state index in [-0.39, 0.29) is 11.7 Å². The lowest BCUT2D eigenvalue weighted by Gasteiger charge is -2.14. The van der Waals surface area contributed by atoms with Crippen LogP contribution < -0.4 is 14.8 Å². The number of thiazole rings is 1. The monoisotopic (exact) mass is 346 g/mol. The summed E-state index contributed by atoms with van der Waals surface area (Å²) in [5, 5.41) is 3.05. The normalized spacial score (nSPS) is 10.1. The van der Waals surface area contributed by atoms with Gasteiger partial charge in [-0.15, -0.1) is 6.58 Å². The molecule has 0 atom stereocenters. The minimum absolute atomic E-state index is 0.0904. The lowest BCUT2D eigenvalue weighted by molar-refractivity contribution is 0.101. The van der Waals surface area contributed by atoms with Crippen LogP contribution in [0.1, 0.15) is 32.5 Å². The molecule has 1 N–H and O–H groups in total. The molecule has 0 aliphatic carbocycles. The first-order valence-corrected chi connectivity index (χ1v) is 7.95. The summed E-state index contributed by atoms with van der Waals surface area (Å²) >= 11 is 1.13. The molecule has 7 heteroatoms. The zero-order chi connectivity index (χ0) is 17.7. The van der Waals surface area contributed by atoms with Crippen molar-refractivity contribution >= 4 is 28.2 Å². The summed E-state index contributed by atoms with van der Waals surface area (Å²) in [4.78, 5) is 28.3. The Hall–Kier alpha value is -2.67. The highest BCUT2D eigenvalue weighted by Crippen LogP contribution is 2.33. The highest BCUT2D eigenvalue weighted by atomic mass is 32.1. The van der Waals surface area contributed by atoms with Gasteiger partial charge in [0.05, 0.1) is 25.3 Å². The third-order valence-corrected chi connectivity index (χ3v) is 4.27. The highest BCUT2D eigenvalue weighted by Gasteiger charge is 2.17. The zero-order valence-electron chi connectivity index (χ0n) is 13.7. The van der Waals surface area contributed by atoms with Gasteiger partial charge in [0.2, 0.25) is 0 Å². The van der Waals surface area contributed by atoms with Gasteiger partial charge in [0.25, 0.3) is 5.91 Å². The molecule has 1 aromatic carbocycles. The molecule has 2 rings (SSSR count). The summed E-state index contributed by atoms with van der Waals surface area (Å²) < 4.78 is 10.7. The predicted octanol–water partition coefficient (Wildman–Crippen LogP) is 3.34. The number of Topliss-reactive ketones (excluding diaryl/α,β-unsaturated/α-hetero) is 1. The maximum atomic E-state index is 12.5. The standard InChI is InChI=1S/C17H18N2O4S/c1-5-6-11-7-12(8-13(22-3)15(11)23-4)16(21)19-17-18-9-14(24-17)10(2)20/h5,7-9H,1,6H2,2-4H3,(H,18,19,21). The van der Waals surface area contributed by atoms with Gasteiger partial charge >= 0.3 is 0 Å². The maximum Gasteiger partial charge on any atom is 0.257 e. The molecular formula is C17H18N2O4S. The predicted molar refractivity (Wildman–Crippen MR) is 93.5 cm³/mol. The Morgan fingerprint density at radius 3 is 2.62 bits per heavy atom. The molecule has 0 unspecified atom stereocenters. The topological polar surface area (TPSA) is 77.5 Å². The number of ether oxygens (including phenoxy) is 2. The number of nitrogens with one attached hydrogen (secondary N) is 1. The van der Waals surface area contributed by atoms with E-state index in [0.717, 1.165) is 16.9 Å². The molecule has 6 nitrogen and oxygen atoms in total. The Bertz CT molecular complexity index is 783. The average Bonchev–Trinajstić information content (AvgIpc) is 3.03. The zero-order valence-corrected chi connectivity index (χ0v) is 14.5. The van der Waals surface area contributed by atoms with Gasteiger partial charge in [0.15, 0.2) is 22.4 Å². The summed E-state index contributed by atoms with van der Waals surface area (Å²) in [5.41, 5.74) is 1.20. The molecule has 0 aliphatic rings. The van der Waals surface area contributed by atoms with Gasteiger partial charge in [0, 0.05) is 18.1 Å². The van der Waals surface area contributed by atoms with Crippen molar-refractivity contribution < 1.29 is 19.1 Å². The van der Waals surface area contributed by atoms with Crippen molar-refractivity contribution in [2.24, 2.45) is 0 Å². The quantitative estimate of drug-likeness (QED) is 0.614. The summed E-state index contributed by atoms with van der Waals surface area (Å²) in [5.74, 6) is 0.603. The van der Waals surface area contributed by atoms with E-state index in [4.69, 9.17) is 9.47 Å². The van der Waals surface area contributed by atoms with Crippen LogP contribution in [0.2, 0.25) is 0 Å². The molecule has 2 aromatic rings. The lowest BCUT2D eigenvalue weighted by Crippen LogP contribution is -2.12. The summed E-state index contributed by atoms with van der Waals surface area (Å²) in [7, 11) is 3.06. The number of ketones is 1. The van der Waals surface area contributed by atoms with Crippen LogP contribution in [0.25, 0.3) is 0 Å². The molecule has 0 saturated heterocycles. The number of nitrogens with zero attached hydrogens (tertiary/aromatic N) is 1. The van der Waals surface area contributed by atoms with Crippen LogP contribution in [0.15, 0.2) is 31.0 Å². The van der Waals surface area contributed by atoms with E-state index in [1.165, 1.54) is 20.2 Å². The van der Waals surface area contributed by atoms with E-state index in [2.05, 4.69) is 16.9 Å². The first kappa shape index (κ1) is 17.7. The average molecular weight is 346 g/mol. The fraction of sp³-hybridized carbons (Fsp3) is 0.235. The number of rotatable bonds is 7. The second kappa shape index (κ2) is 7.74. The Morgan fingerprint density at radius 1 is 1.33 bits per heavy atom. The molecule has 0 saturated carbocycles. The molecule has 0 spiro atoms. The Morgan fingerprint density at radius 2 is 2.08 bits per heavy atom. The number of hydrogen-bond acceptors (Lipinski definition) is 6. The number of carbonyl (C=O) groups excluding carboxylic acids is 2. The summed E-state index contributed by atoms with van der Waals surface area (Å²) in [6, 6.07) is 3.32. The van der Waals surface area contributed by atoms with Crippen LogP contribution in [0.3, 0.4) is 0 Å². The Kier molecular flexibility index (Phi) is 5.70. The third-order valence-electron chi connectivity index (χ3n) is 3.26. The van der Waals surface area contributed by atoms with Crippen LogP contribution in [-0.2, 0) is 6.42 Å². The summed E-state index contributed by atoms with van der Waals surface area (Å²) in [6.45, 7) is 5.16. The Labute approximate surface area is 144 Å². The molecular weight excluding hydrogens is 328 g/mol. The van der Waals surface area contributed by atoms with E-state index in [1.807, 2.05) is 0 Å². The van der Waals surface area contributed by atoms with Crippen molar-refractivity contribution in [3.63, 3.8) is 0 Å². The minimum atomic E-state index is -0.342. The second-order valence-electron chi connectivity index (χ2n) is 4.90. The minimum Gasteiger partial charge on any atom is -0.493 e. The Balaban J connectivity index is 2.32. The molecule has 24 heavy (non-hydrogen) atoms. The molecule has 1 heterocycles. The van der Waals surface area contributed by atoms with Gasteiger partial charge in [-0.2, -0.15) is 0 Å². The van der Waals surface area contributed by atoms with E-state index in [1.54, 1.807) is 25.3 Å². The molecule has 1 aromatic heterocycles. The van der Waals surface area contributed by atoms with E-state index < -0.39 is 0 Å². The van der Waals surface area contributed by atoms with Crippen molar-refractivity contribution in [2.75, 3.05) is 19.5 Å². The SMILES string of the molecule is C=CCc1cc(C(=O)Nc2ncc(C(C)=O)s2)cc(OC)c1OC. The number of benzene rings is 1.